The van der Waals surface area contributed by atoms with Crippen molar-refractivity contribution >= 4 is 16.7 Å². The Morgan fingerprint density at radius 3 is 3.00 bits per heavy atom. The van der Waals surface area contributed by atoms with E-state index in [1.54, 1.807) is 23.2 Å². The maximum Gasteiger partial charge on any atom is 0.277 e. The molecule has 24 heavy (non-hydrogen) atoms. The van der Waals surface area contributed by atoms with Crippen molar-refractivity contribution in [3.8, 4) is 5.75 Å². The van der Waals surface area contributed by atoms with E-state index in [0.717, 1.165) is 5.39 Å². The van der Waals surface area contributed by atoms with Gasteiger partial charge in [0.2, 0.25) is 6.39 Å². The van der Waals surface area contributed by atoms with Gasteiger partial charge in [-0.25, -0.2) is 4.98 Å². The Labute approximate surface area is 136 Å². The second-order valence-corrected chi connectivity index (χ2v) is 5.42. The number of benzene rings is 1. The number of fused-ring (bicyclic) bond motifs is 1. The first-order valence-electron chi connectivity index (χ1n) is 7.47. The van der Waals surface area contributed by atoms with Crippen LogP contribution < -0.4 is 0 Å². The van der Waals surface area contributed by atoms with Crippen molar-refractivity contribution in [1.82, 2.24) is 20.0 Å². The second kappa shape index (κ2) is 5.89. The normalized spacial score (nSPS) is 18.0. The van der Waals surface area contributed by atoms with E-state index in [9.17, 15) is 9.90 Å². The molecule has 122 valence electrons. The third kappa shape index (κ3) is 2.37. The van der Waals surface area contributed by atoms with Gasteiger partial charge < -0.3 is 19.3 Å². The van der Waals surface area contributed by atoms with Crippen molar-refractivity contribution in [1.29, 1.82) is 0 Å². The monoisotopic (exact) mass is 326 g/mol. The molecule has 1 N–H and O–H groups in total. The fraction of sp³-hybridized carbons (Fsp3) is 0.250. The number of carbonyl (C=O) groups excluding carboxylic acids is 1. The number of ether oxygens (including phenoxy) is 1. The molecule has 1 amide bonds. The van der Waals surface area contributed by atoms with Crippen molar-refractivity contribution in [3.05, 3.63) is 48.4 Å². The van der Waals surface area contributed by atoms with Gasteiger partial charge in [0, 0.05) is 23.5 Å². The minimum Gasteiger partial charge on any atom is -0.505 e. The van der Waals surface area contributed by atoms with Crippen LogP contribution in [0.3, 0.4) is 0 Å². The van der Waals surface area contributed by atoms with Crippen LogP contribution in [0.2, 0.25) is 0 Å². The van der Waals surface area contributed by atoms with E-state index < -0.39 is 11.9 Å². The summed E-state index contributed by atoms with van der Waals surface area (Å²) in [5.74, 6) is -0.156. The number of aromatic nitrogens is 3. The predicted octanol–water partition coefficient (Wildman–Crippen LogP) is 1.54. The van der Waals surface area contributed by atoms with Crippen LogP contribution in [0.4, 0.5) is 0 Å². The minimum absolute atomic E-state index is 0.00379. The molecule has 8 nitrogen and oxygen atoms in total. The molecule has 4 rings (SSSR count). The quantitative estimate of drug-likeness (QED) is 0.762. The van der Waals surface area contributed by atoms with Gasteiger partial charge in [0.05, 0.1) is 13.2 Å². The van der Waals surface area contributed by atoms with Gasteiger partial charge in [0.15, 0.2) is 17.3 Å². The molecule has 0 spiro atoms. The van der Waals surface area contributed by atoms with Gasteiger partial charge in [-0.05, 0) is 0 Å². The molecule has 1 aliphatic heterocycles. The molecule has 1 atom stereocenters. The highest BCUT2D eigenvalue weighted by Gasteiger charge is 2.34. The molecule has 0 saturated carbocycles. The fourth-order valence-electron chi connectivity index (χ4n) is 2.83. The number of hydrogen-bond acceptors (Lipinski definition) is 7. The van der Waals surface area contributed by atoms with Gasteiger partial charge in [-0.1, -0.05) is 29.4 Å². The number of morpholine rings is 1. The number of hydrogen-bond donors (Lipinski definition) is 1. The Morgan fingerprint density at radius 2 is 2.17 bits per heavy atom. The highest BCUT2D eigenvalue weighted by atomic mass is 16.5. The number of pyridine rings is 1. The first-order valence-corrected chi connectivity index (χ1v) is 7.47. The van der Waals surface area contributed by atoms with Crippen LogP contribution in [0.5, 0.6) is 5.75 Å². The Hall–Kier alpha value is -3.00. The minimum atomic E-state index is -0.474. The van der Waals surface area contributed by atoms with Crippen LogP contribution in [0, 0.1) is 0 Å². The topological polar surface area (TPSA) is 102 Å². The van der Waals surface area contributed by atoms with Gasteiger partial charge in [-0.15, -0.1) is 0 Å². The maximum atomic E-state index is 12.9. The third-order valence-corrected chi connectivity index (χ3v) is 4.04. The molecule has 1 unspecified atom stereocenters. The number of carbonyl (C=O) groups is 1. The summed E-state index contributed by atoms with van der Waals surface area (Å²) in [5.41, 5.74) is 0.00379. The van der Waals surface area contributed by atoms with Gasteiger partial charge in [-0.3, -0.25) is 4.79 Å². The summed E-state index contributed by atoms with van der Waals surface area (Å²) in [6.45, 7) is 1.01. The number of nitrogens with zero attached hydrogens (tertiary/aromatic N) is 4. The molecule has 1 aliphatic rings. The first-order chi connectivity index (χ1) is 11.8. The van der Waals surface area contributed by atoms with Gasteiger partial charge in [0.1, 0.15) is 6.04 Å². The smallest absolute Gasteiger partial charge is 0.277 e. The lowest BCUT2D eigenvalue weighted by Gasteiger charge is -2.33. The number of rotatable bonds is 2. The Balaban J connectivity index is 1.73. The van der Waals surface area contributed by atoms with Gasteiger partial charge >= 0.3 is 0 Å². The fourth-order valence-corrected chi connectivity index (χ4v) is 2.83. The molecular formula is C16H14N4O4. The third-order valence-electron chi connectivity index (χ3n) is 4.04. The molecule has 0 aliphatic carbocycles. The van der Waals surface area contributed by atoms with E-state index in [2.05, 4.69) is 15.1 Å². The van der Waals surface area contributed by atoms with Crippen molar-refractivity contribution in [2.24, 2.45) is 0 Å². The molecule has 3 aromatic rings. The second-order valence-electron chi connectivity index (χ2n) is 5.42. The largest absolute Gasteiger partial charge is 0.505 e. The van der Waals surface area contributed by atoms with E-state index in [0.29, 0.717) is 24.4 Å². The Morgan fingerprint density at radius 1 is 1.29 bits per heavy atom. The van der Waals surface area contributed by atoms with Crippen molar-refractivity contribution < 1.29 is 19.2 Å². The van der Waals surface area contributed by atoms with Crippen LogP contribution in [-0.4, -0.2) is 50.8 Å². The van der Waals surface area contributed by atoms with Crippen LogP contribution in [-0.2, 0) is 4.74 Å². The van der Waals surface area contributed by atoms with Gasteiger partial charge in [-0.2, -0.15) is 4.98 Å². The predicted molar refractivity (Wildman–Crippen MR) is 82.3 cm³/mol. The first kappa shape index (κ1) is 14.6. The van der Waals surface area contributed by atoms with E-state index in [4.69, 9.17) is 9.26 Å². The molecule has 0 bridgehead atoms. The number of amides is 1. The molecule has 1 fully saturated rings. The molecule has 2 aromatic heterocycles. The van der Waals surface area contributed by atoms with Crippen LogP contribution >= 0.6 is 0 Å². The lowest BCUT2D eigenvalue weighted by Crippen LogP contribution is -2.44. The summed E-state index contributed by atoms with van der Waals surface area (Å²) >= 11 is 0. The molecular weight excluding hydrogens is 312 g/mol. The molecule has 1 aromatic carbocycles. The zero-order chi connectivity index (χ0) is 16.5. The average Bonchev–Trinajstić information content (AvgIpc) is 3.16. The summed E-state index contributed by atoms with van der Waals surface area (Å²) in [7, 11) is 0. The summed E-state index contributed by atoms with van der Waals surface area (Å²) in [6.07, 6.45) is 2.78. The summed E-state index contributed by atoms with van der Waals surface area (Å²) < 4.78 is 10.2. The number of aromatic hydroxyl groups is 1. The summed E-state index contributed by atoms with van der Waals surface area (Å²) in [4.78, 5) is 22.6. The maximum absolute atomic E-state index is 12.9. The Bertz CT molecular complexity index is 881. The van der Waals surface area contributed by atoms with Crippen LogP contribution in [0.25, 0.3) is 10.8 Å². The van der Waals surface area contributed by atoms with E-state index in [1.807, 2.05) is 12.1 Å². The average molecular weight is 326 g/mol. The molecule has 0 radical (unpaired) electrons. The van der Waals surface area contributed by atoms with E-state index in [-0.39, 0.29) is 18.1 Å². The van der Waals surface area contributed by atoms with Crippen LogP contribution in [0.15, 0.2) is 41.4 Å². The SMILES string of the molecule is O=C(c1ncc2ccccc2c1O)N1CCOCC1c1ncon1. The molecule has 3 heterocycles. The van der Waals surface area contributed by atoms with E-state index >= 15 is 0 Å². The lowest BCUT2D eigenvalue weighted by atomic mass is 10.1. The highest BCUT2D eigenvalue weighted by molar-refractivity contribution is 6.01. The zero-order valence-electron chi connectivity index (χ0n) is 12.6. The molecule has 1 saturated heterocycles. The Kier molecular flexibility index (Phi) is 3.58. The molecule has 8 heteroatoms. The summed E-state index contributed by atoms with van der Waals surface area (Å²) in [5, 5.41) is 15.6. The van der Waals surface area contributed by atoms with Crippen LogP contribution in [0.1, 0.15) is 22.4 Å². The van der Waals surface area contributed by atoms with Crippen molar-refractivity contribution in [3.63, 3.8) is 0 Å². The lowest BCUT2D eigenvalue weighted by molar-refractivity contribution is -0.00620. The zero-order valence-corrected chi connectivity index (χ0v) is 12.6. The highest BCUT2D eigenvalue weighted by Crippen LogP contribution is 2.30. The van der Waals surface area contributed by atoms with Crippen molar-refractivity contribution in [2.45, 2.75) is 6.04 Å². The summed E-state index contributed by atoms with van der Waals surface area (Å²) in [6, 6.07) is 6.75. The van der Waals surface area contributed by atoms with E-state index in [1.165, 1.54) is 6.39 Å². The van der Waals surface area contributed by atoms with Crippen molar-refractivity contribution in [2.75, 3.05) is 19.8 Å². The standard InChI is InChI=1S/C16H14N4O4/c21-14-11-4-2-1-3-10(11)7-17-13(14)16(22)20-5-6-23-8-12(20)15-18-9-24-19-15/h1-4,7,9,12,21H,5-6,8H2. The van der Waals surface area contributed by atoms with Gasteiger partial charge in [0.25, 0.3) is 5.91 Å².